The smallest absolute Gasteiger partial charge is 0.261 e. The molecule has 1 N–H and O–H groups in total. The van der Waals surface area contributed by atoms with Crippen molar-refractivity contribution in [1.82, 2.24) is 10.2 Å². The first kappa shape index (κ1) is 20.4. The van der Waals surface area contributed by atoms with Crippen LogP contribution in [0.3, 0.4) is 0 Å². The second-order valence-corrected chi connectivity index (χ2v) is 6.59. The second-order valence-electron chi connectivity index (χ2n) is 6.59. The number of hydrogen-bond donors (Lipinski definition) is 1. The molecule has 0 aliphatic carbocycles. The lowest BCUT2D eigenvalue weighted by Gasteiger charge is -2.29. The van der Waals surface area contributed by atoms with Crippen molar-refractivity contribution in [2.24, 2.45) is 0 Å². The Labute approximate surface area is 159 Å². The van der Waals surface area contributed by atoms with Gasteiger partial charge in [0.25, 0.3) is 5.91 Å². The minimum Gasteiger partial charge on any atom is -0.484 e. The molecular weight excluding hydrogens is 347 g/mol. The van der Waals surface area contributed by atoms with E-state index in [4.69, 9.17) is 4.74 Å². The summed E-state index contributed by atoms with van der Waals surface area (Å²) in [4.78, 5) is 26.7. The van der Waals surface area contributed by atoms with E-state index in [-0.39, 0.29) is 30.3 Å². The lowest BCUT2D eigenvalue weighted by atomic mass is 10.1. The zero-order valence-electron chi connectivity index (χ0n) is 15.8. The largest absolute Gasteiger partial charge is 0.484 e. The first-order valence-corrected chi connectivity index (χ1v) is 8.89. The van der Waals surface area contributed by atoms with E-state index in [1.54, 1.807) is 6.92 Å². The van der Waals surface area contributed by atoms with Crippen molar-refractivity contribution >= 4 is 11.8 Å². The summed E-state index contributed by atoms with van der Waals surface area (Å²) in [6.45, 7) is 5.48. The second kappa shape index (κ2) is 9.71. The minimum absolute atomic E-state index is 0.0240. The molecule has 0 spiro atoms. The molecule has 2 aromatic carbocycles. The Bertz CT molecular complexity index is 748. The predicted molar refractivity (Wildman–Crippen MR) is 102 cm³/mol. The molecule has 0 radical (unpaired) electrons. The van der Waals surface area contributed by atoms with Crippen molar-refractivity contribution in [2.45, 2.75) is 39.4 Å². The molecule has 0 heterocycles. The van der Waals surface area contributed by atoms with E-state index >= 15 is 0 Å². The van der Waals surface area contributed by atoms with Gasteiger partial charge in [-0.25, -0.2) is 4.39 Å². The van der Waals surface area contributed by atoms with Gasteiger partial charge in [-0.1, -0.05) is 30.3 Å². The number of amides is 2. The number of carbonyl (C=O) groups excluding carboxylic acids is 2. The molecule has 2 amide bonds. The van der Waals surface area contributed by atoms with Gasteiger partial charge >= 0.3 is 0 Å². The van der Waals surface area contributed by atoms with Gasteiger partial charge in [0.05, 0.1) is 0 Å². The maximum atomic E-state index is 13.0. The topological polar surface area (TPSA) is 58.6 Å². The highest BCUT2D eigenvalue weighted by Crippen LogP contribution is 2.13. The molecule has 0 aliphatic heterocycles. The molecule has 144 valence electrons. The third kappa shape index (κ3) is 6.40. The number of carbonyl (C=O) groups is 2. The standard InChI is InChI=1S/C21H25FN2O3/c1-15(2)23-21(26)16(3)24(13-17-7-5-4-6-8-17)20(25)14-27-19-11-9-18(22)10-12-19/h4-12,15-16H,13-14H2,1-3H3,(H,23,26)/t16-/m1/s1. The first-order valence-electron chi connectivity index (χ1n) is 8.89. The Kier molecular flexibility index (Phi) is 7.34. The summed E-state index contributed by atoms with van der Waals surface area (Å²) in [5.74, 6) is -0.535. The zero-order valence-corrected chi connectivity index (χ0v) is 15.8. The molecule has 0 fully saturated rings. The average Bonchev–Trinajstić information content (AvgIpc) is 2.65. The fourth-order valence-electron chi connectivity index (χ4n) is 2.53. The van der Waals surface area contributed by atoms with Gasteiger partial charge in [0, 0.05) is 12.6 Å². The monoisotopic (exact) mass is 372 g/mol. The van der Waals surface area contributed by atoms with Gasteiger partial charge in [0.1, 0.15) is 17.6 Å². The molecule has 2 rings (SSSR count). The van der Waals surface area contributed by atoms with Gasteiger partial charge in [0.2, 0.25) is 5.91 Å². The van der Waals surface area contributed by atoms with Crippen molar-refractivity contribution in [3.8, 4) is 5.75 Å². The highest BCUT2D eigenvalue weighted by Gasteiger charge is 2.26. The number of rotatable bonds is 8. The molecule has 0 saturated carbocycles. The van der Waals surface area contributed by atoms with Gasteiger partial charge < -0.3 is 15.0 Å². The van der Waals surface area contributed by atoms with Gasteiger partial charge in [-0.3, -0.25) is 9.59 Å². The average molecular weight is 372 g/mol. The number of ether oxygens (including phenoxy) is 1. The van der Waals surface area contributed by atoms with E-state index < -0.39 is 6.04 Å². The van der Waals surface area contributed by atoms with E-state index in [2.05, 4.69) is 5.32 Å². The van der Waals surface area contributed by atoms with Crippen molar-refractivity contribution in [2.75, 3.05) is 6.61 Å². The summed E-state index contributed by atoms with van der Waals surface area (Å²) in [5.41, 5.74) is 0.914. The van der Waals surface area contributed by atoms with Crippen LogP contribution >= 0.6 is 0 Å². The van der Waals surface area contributed by atoms with Crippen molar-refractivity contribution in [3.63, 3.8) is 0 Å². The Morgan fingerprint density at radius 3 is 2.26 bits per heavy atom. The van der Waals surface area contributed by atoms with Gasteiger partial charge in [-0.15, -0.1) is 0 Å². The molecule has 6 heteroatoms. The highest BCUT2D eigenvalue weighted by molar-refractivity contribution is 5.88. The van der Waals surface area contributed by atoms with E-state index in [0.717, 1.165) is 5.56 Å². The lowest BCUT2D eigenvalue weighted by molar-refractivity contribution is -0.142. The SMILES string of the molecule is CC(C)NC(=O)[C@@H](C)N(Cc1ccccc1)C(=O)COc1ccc(F)cc1. The van der Waals surface area contributed by atoms with E-state index in [1.807, 2.05) is 44.2 Å². The van der Waals surface area contributed by atoms with E-state index in [0.29, 0.717) is 12.3 Å². The summed E-state index contributed by atoms with van der Waals surface area (Å²) in [6, 6.07) is 14.2. The molecule has 0 bridgehead atoms. The number of hydrogen-bond acceptors (Lipinski definition) is 3. The maximum Gasteiger partial charge on any atom is 0.261 e. The lowest BCUT2D eigenvalue weighted by Crippen LogP contribution is -2.50. The summed E-state index contributed by atoms with van der Waals surface area (Å²) in [5, 5.41) is 2.83. The van der Waals surface area contributed by atoms with Crippen LogP contribution in [0.2, 0.25) is 0 Å². The molecule has 0 unspecified atom stereocenters. The third-order valence-electron chi connectivity index (χ3n) is 3.97. The summed E-state index contributed by atoms with van der Waals surface area (Å²) in [7, 11) is 0. The van der Waals surface area contributed by atoms with Crippen molar-refractivity contribution < 1.29 is 18.7 Å². The van der Waals surface area contributed by atoms with E-state index in [1.165, 1.54) is 29.2 Å². The number of nitrogens with zero attached hydrogens (tertiary/aromatic N) is 1. The van der Waals surface area contributed by atoms with Crippen LogP contribution in [0, 0.1) is 5.82 Å². The summed E-state index contributed by atoms with van der Waals surface area (Å²) in [6.07, 6.45) is 0. The molecule has 0 aliphatic rings. The van der Waals surface area contributed by atoms with Crippen LogP contribution in [-0.4, -0.2) is 35.4 Å². The molecule has 1 atom stereocenters. The quantitative estimate of drug-likeness (QED) is 0.774. The van der Waals surface area contributed by atoms with Gasteiger partial charge in [-0.05, 0) is 50.6 Å². The highest BCUT2D eigenvalue weighted by atomic mass is 19.1. The number of halogens is 1. The van der Waals surface area contributed by atoms with Gasteiger partial charge in [0.15, 0.2) is 6.61 Å². The van der Waals surface area contributed by atoms with Crippen LogP contribution in [0.15, 0.2) is 54.6 Å². The molecule has 0 saturated heterocycles. The maximum absolute atomic E-state index is 13.0. The molecular formula is C21H25FN2O3. The predicted octanol–water partition coefficient (Wildman–Crippen LogP) is 3.15. The van der Waals surface area contributed by atoms with Crippen LogP contribution in [0.25, 0.3) is 0 Å². The molecule has 5 nitrogen and oxygen atoms in total. The van der Waals surface area contributed by atoms with Crippen LogP contribution < -0.4 is 10.1 Å². The summed E-state index contributed by atoms with van der Waals surface area (Å²) >= 11 is 0. The van der Waals surface area contributed by atoms with E-state index in [9.17, 15) is 14.0 Å². The molecule has 2 aromatic rings. The number of nitrogens with one attached hydrogen (secondary N) is 1. The molecule has 0 aromatic heterocycles. The number of benzene rings is 2. The van der Waals surface area contributed by atoms with Crippen LogP contribution in [0.5, 0.6) is 5.75 Å². The van der Waals surface area contributed by atoms with Crippen LogP contribution in [-0.2, 0) is 16.1 Å². The summed E-state index contributed by atoms with van der Waals surface area (Å²) < 4.78 is 18.4. The Morgan fingerprint density at radius 1 is 1.04 bits per heavy atom. The Morgan fingerprint density at radius 2 is 1.67 bits per heavy atom. The normalized spacial score (nSPS) is 11.7. The van der Waals surface area contributed by atoms with Crippen LogP contribution in [0.1, 0.15) is 26.3 Å². The zero-order chi connectivity index (χ0) is 19.8. The van der Waals surface area contributed by atoms with Crippen LogP contribution in [0.4, 0.5) is 4.39 Å². The fraction of sp³-hybridized carbons (Fsp3) is 0.333. The molecule has 27 heavy (non-hydrogen) atoms. The third-order valence-corrected chi connectivity index (χ3v) is 3.97. The fourth-order valence-corrected chi connectivity index (χ4v) is 2.53. The van der Waals surface area contributed by atoms with Crippen molar-refractivity contribution in [3.05, 3.63) is 66.0 Å². The minimum atomic E-state index is -0.656. The Balaban J connectivity index is 2.10. The van der Waals surface area contributed by atoms with Crippen molar-refractivity contribution in [1.29, 1.82) is 0 Å². The van der Waals surface area contributed by atoms with Gasteiger partial charge in [-0.2, -0.15) is 0 Å². The first-order chi connectivity index (χ1) is 12.9. The Hall–Kier alpha value is -2.89.